The monoisotopic (exact) mass is 257 g/mol. The van der Waals surface area contributed by atoms with E-state index >= 15 is 0 Å². The lowest BCUT2D eigenvalue weighted by Gasteiger charge is -2.20. The molecule has 2 atom stereocenters. The summed E-state index contributed by atoms with van der Waals surface area (Å²) in [5, 5.41) is 4.07. The normalized spacial score (nSPS) is 31.3. The average molecular weight is 257 g/mol. The van der Waals surface area contributed by atoms with Crippen LogP contribution in [0.15, 0.2) is 5.16 Å². The van der Waals surface area contributed by atoms with Crippen molar-refractivity contribution in [3.8, 4) is 0 Å². The Bertz CT molecular complexity index is 332. The summed E-state index contributed by atoms with van der Waals surface area (Å²) in [4.78, 5) is 5.41. The van der Waals surface area contributed by atoms with E-state index < -0.39 is 5.79 Å². The molecule has 0 aliphatic carbocycles. The molecule has 0 aromatic carbocycles. The van der Waals surface area contributed by atoms with E-state index in [1.165, 1.54) is 0 Å². The molecule has 0 saturated carbocycles. The molecule has 2 aliphatic heterocycles. The van der Waals surface area contributed by atoms with Crippen LogP contribution in [0.1, 0.15) is 41.0 Å². The van der Waals surface area contributed by atoms with E-state index in [1.54, 1.807) is 0 Å². The van der Waals surface area contributed by atoms with Crippen LogP contribution in [0.4, 0.5) is 0 Å². The Labute approximate surface area is 108 Å². The van der Waals surface area contributed by atoms with Crippen molar-refractivity contribution in [3.05, 3.63) is 0 Å². The third kappa shape index (κ3) is 3.67. The summed E-state index contributed by atoms with van der Waals surface area (Å²) in [6.45, 7) is 11.0. The fraction of sp³-hybridized carbons (Fsp3) is 0.923. The molecule has 0 aromatic rings. The highest BCUT2D eigenvalue weighted by atomic mass is 16.8. The molecule has 2 aliphatic rings. The van der Waals surface area contributed by atoms with Crippen LogP contribution in [-0.4, -0.2) is 42.5 Å². The molecule has 2 rings (SSSR count). The van der Waals surface area contributed by atoms with Crippen molar-refractivity contribution in [2.75, 3.05) is 13.2 Å². The first kappa shape index (κ1) is 13.8. The maximum atomic E-state index is 5.77. The van der Waals surface area contributed by atoms with Crippen LogP contribution < -0.4 is 0 Å². The van der Waals surface area contributed by atoms with Crippen LogP contribution >= 0.6 is 0 Å². The highest BCUT2D eigenvalue weighted by molar-refractivity contribution is 5.86. The Kier molecular flexibility index (Phi) is 3.67. The highest BCUT2D eigenvalue weighted by Crippen LogP contribution is 2.28. The number of rotatable bonds is 3. The number of hydrogen-bond donors (Lipinski definition) is 0. The highest BCUT2D eigenvalue weighted by Gasteiger charge is 2.41. The van der Waals surface area contributed by atoms with Crippen molar-refractivity contribution in [1.29, 1.82) is 0 Å². The largest absolute Gasteiger partial charge is 0.389 e. The van der Waals surface area contributed by atoms with Gasteiger partial charge in [-0.05, 0) is 34.6 Å². The summed E-state index contributed by atoms with van der Waals surface area (Å²) in [5.74, 6) is -0.515. The third-order valence-corrected chi connectivity index (χ3v) is 2.87. The second-order valence-electron chi connectivity index (χ2n) is 6.27. The Morgan fingerprint density at radius 3 is 2.61 bits per heavy atom. The van der Waals surface area contributed by atoms with Gasteiger partial charge < -0.3 is 19.0 Å². The predicted octanol–water partition coefficient (Wildman–Crippen LogP) is 2.10. The van der Waals surface area contributed by atoms with Gasteiger partial charge in [0.1, 0.15) is 6.10 Å². The average Bonchev–Trinajstić information content (AvgIpc) is 2.80. The lowest BCUT2D eigenvalue weighted by Crippen LogP contribution is -2.31. The van der Waals surface area contributed by atoms with E-state index in [1.807, 2.05) is 34.6 Å². The minimum atomic E-state index is -0.515. The second kappa shape index (κ2) is 4.79. The van der Waals surface area contributed by atoms with E-state index in [-0.39, 0.29) is 17.8 Å². The summed E-state index contributed by atoms with van der Waals surface area (Å²) >= 11 is 0. The summed E-state index contributed by atoms with van der Waals surface area (Å²) in [6, 6.07) is 0. The lowest BCUT2D eigenvalue weighted by molar-refractivity contribution is -0.153. The molecule has 0 N–H and O–H groups in total. The zero-order valence-electron chi connectivity index (χ0n) is 11.9. The Balaban J connectivity index is 1.78. The molecule has 104 valence electrons. The van der Waals surface area contributed by atoms with Gasteiger partial charge in [-0.2, -0.15) is 0 Å². The molecule has 0 aromatic heterocycles. The summed E-state index contributed by atoms with van der Waals surface area (Å²) < 4.78 is 17.0. The van der Waals surface area contributed by atoms with Gasteiger partial charge in [0, 0.05) is 6.42 Å². The zero-order valence-corrected chi connectivity index (χ0v) is 11.9. The van der Waals surface area contributed by atoms with Crippen molar-refractivity contribution < 1.29 is 19.0 Å². The van der Waals surface area contributed by atoms with Gasteiger partial charge in [0.2, 0.25) is 0 Å². The van der Waals surface area contributed by atoms with Crippen LogP contribution in [0.2, 0.25) is 0 Å². The van der Waals surface area contributed by atoms with Crippen molar-refractivity contribution in [1.82, 2.24) is 0 Å². The van der Waals surface area contributed by atoms with Gasteiger partial charge in [-0.25, -0.2) is 0 Å². The Morgan fingerprint density at radius 2 is 2.06 bits per heavy atom. The van der Waals surface area contributed by atoms with E-state index in [4.69, 9.17) is 19.0 Å². The standard InChI is InChI=1S/C13H23NO4/c1-12(2,3)15-7-9-6-10(18-14-9)11-8-16-13(4,5)17-11/h10-11H,6-8H2,1-5H3/t10-,11-/m1/s1. The topological polar surface area (TPSA) is 49.3 Å². The Morgan fingerprint density at radius 1 is 1.33 bits per heavy atom. The van der Waals surface area contributed by atoms with E-state index in [9.17, 15) is 0 Å². The fourth-order valence-corrected chi connectivity index (χ4v) is 1.93. The van der Waals surface area contributed by atoms with Crippen LogP contribution in [0.25, 0.3) is 0 Å². The lowest BCUT2D eigenvalue weighted by atomic mass is 10.1. The molecular formula is C13H23NO4. The minimum absolute atomic E-state index is 0.0455. The number of ether oxygens (including phenoxy) is 3. The van der Waals surface area contributed by atoms with Gasteiger partial charge >= 0.3 is 0 Å². The van der Waals surface area contributed by atoms with Crippen LogP contribution in [-0.2, 0) is 19.0 Å². The molecule has 0 spiro atoms. The van der Waals surface area contributed by atoms with Crippen LogP contribution in [0, 0.1) is 0 Å². The van der Waals surface area contributed by atoms with E-state index in [0.717, 1.165) is 12.1 Å². The van der Waals surface area contributed by atoms with Gasteiger partial charge in [0.05, 0.1) is 24.5 Å². The summed E-state index contributed by atoms with van der Waals surface area (Å²) in [6.07, 6.45) is 0.654. The summed E-state index contributed by atoms with van der Waals surface area (Å²) in [5.41, 5.74) is 0.776. The third-order valence-electron chi connectivity index (χ3n) is 2.87. The van der Waals surface area contributed by atoms with Gasteiger partial charge in [0.25, 0.3) is 0 Å². The maximum Gasteiger partial charge on any atom is 0.163 e. The smallest absolute Gasteiger partial charge is 0.163 e. The fourth-order valence-electron chi connectivity index (χ4n) is 1.93. The molecule has 18 heavy (non-hydrogen) atoms. The van der Waals surface area contributed by atoms with Gasteiger partial charge in [-0.15, -0.1) is 0 Å². The first-order valence-corrected chi connectivity index (χ1v) is 6.42. The second-order valence-corrected chi connectivity index (χ2v) is 6.27. The number of oxime groups is 1. The van der Waals surface area contributed by atoms with Crippen molar-refractivity contribution in [3.63, 3.8) is 0 Å². The van der Waals surface area contributed by atoms with E-state index in [0.29, 0.717) is 13.2 Å². The molecule has 0 bridgehead atoms. The molecule has 5 heteroatoms. The maximum absolute atomic E-state index is 5.77. The predicted molar refractivity (Wildman–Crippen MR) is 67.5 cm³/mol. The van der Waals surface area contributed by atoms with Crippen LogP contribution in [0.5, 0.6) is 0 Å². The van der Waals surface area contributed by atoms with Crippen molar-refractivity contribution >= 4 is 5.71 Å². The SMILES string of the molecule is CC(C)(C)OCC1=NO[C@@H]([C@H]2COC(C)(C)O2)C1. The summed E-state index contributed by atoms with van der Waals surface area (Å²) in [7, 11) is 0. The molecule has 1 fully saturated rings. The molecule has 0 amide bonds. The minimum Gasteiger partial charge on any atom is -0.389 e. The molecule has 2 heterocycles. The molecule has 5 nitrogen and oxygen atoms in total. The van der Waals surface area contributed by atoms with Gasteiger partial charge in [-0.1, -0.05) is 5.16 Å². The molecule has 0 unspecified atom stereocenters. The van der Waals surface area contributed by atoms with Crippen LogP contribution in [0.3, 0.4) is 0 Å². The Hall–Kier alpha value is -0.650. The first-order valence-electron chi connectivity index (χ1n) is 6.42. The van der Waals surface area contributed by atoms with Gasteiger partial charge in [-0.3, -0.25) is 0 Å². The molecule has 0 radical (unpaired) electrons. The number of hydrogen-bond acceptors (Lipinski definition) is 5. The molecular weight excluding hydrogens is 234 g/mol. The van der Waals surface area contributed by atoms with Crippen molar-refractivity contribution in [2.45, 2.75) is 64.6 Å². The first-order chi connectivity index (χ1) is 8.25. The van der Waals surface area contributed by atoms with Gasteiger partial charge in [0.15, 0.2) is 11.9 Å². The molecule has 1 saturated heterocycles. The van der Waals surface area contributed by atoms with Crippen molar-refractivity contribution in [2.24, 2.45) is 5.16 Å². The zero-order chi connectivity index (χ0) is 13.4. The number of nitrogens with zero attached hydrogens (tertiary/aromatic N) is 1. The van der Waals surface area contributed by atoms with E-state index in [2.05, 4.69) is 5.16 Å². The quantitative estimate of drug-likeness (QED) is 0.777.